The number of anilines is 1. The van der Waals surface area contributed by atoms with Crippen molar-refractivity contribution in [3.05, 3.63) is 48.3 Å². The molecule has 0 bridgehead atoms. The van der Waals surface area contributed by atoms with Crippen molar-refractivity contribution >= 4 is 5.69 Å². The van der Waals surface area contributed by atoms with E-state index in [-0.39, 0.29) is 5.75 Å². The second kappa shape index (κ2) is 5.21. The third-order valence-corrected chi connectivity index (χ3v) is 2.42. The zero-order valence-corrected chi connectivity index (χ0v) is 9.55. The first-order valence-corrected chi connectivity index (χ1v) is 5.29. The van der Waals surface area contributed by atoms with Gasteiger partial charge in [0.1, 0.15) is 11.5 Å². The first-order valence-electron chi connectivity index (χ1n) is 5.29. The summed E-state index contributed by atoms with van der Waals surface area (Å²) in [5, 5.41) is 12.8. The molecule has 1 heterocycles. The molecule has 0 amide bonds. The van der Waals surface area contributed by atoms with Gasteiger partial charge in [0, 0.05) is 18.2 Å². The quantitative estimate of drug-likeness (QED) is 0.846. The van der Waals surface area contributed by atoms with Crippen molar-refractivity contribution in [3.8, 4) is 11.5 Å². The summed E-state index contributed by atoms with van der Waals surface area (Å²) in [5.41, 5.74) is 1.70. The van der Waals surface area contributed by atoms with Gasteiger partial charge in [0.2, 0.25) is 0 Å². The molecular formula is C13H14N2O2. The Morgan fingerprint density at radius 2 is 2.12 bits per heavy atom. The predicted molar refractivity (Wildman–Crippen MR) is 66.2 cm³/mol. The van der Waals surface area contributed by atoms with Gasteiger partial charge in [-0.1, -0.05) is 18.2 Å². The van der Waals surface area contributed by atoms with Crippen LogP contribution < -0.4 is 10.1 Å². The average Bonchev–Trinajstić information content (AvgIpc) is 2.38. The summed E-state index contributed by atoms with van der Waals surface area (Å²) in [6.07, 6.45) is 3.35. The normalized spacial score (nSPS) is 9.94. The van der Waals surface area contributed by atoms with Gasteiger partial charge in [-0.05, 0) is 6.07 Å². The maximum atomic E-state index is 9.61. The number of aromatic nitrogens is 1. The number of methoxy groups -OCH3 is 1. The van der Waals surface area contributed by atoms with E-state index in [0.717, 1.165) is 11.3 Å². The highest BCUT2D eigenvalue weighted by Gasteiger charge is 2.00. The molecule has 0 fully saturated rings. The van der Waals surface area contributed by atoms with E-state index >= 15 is 0 Å². The molecule has 0 saturated carbocycles. The van der Waals surface area contributed by atoms with Gasteiger partial charge in [-0.3, -0.25) is 4.98 Å². The number of phenolic OH excluding ortho intramolecular Hbond substituents is 1. The summed E-state index contributed by atoms with van der Waals surface area (Å²) >= 11 is 0. The van der Waals surface area contributed by atoms with Crippen LogP contribution in [-0.2, 0) is 6.54 Å². The topological polar surface area (TPSA) is 54.4 Å². The molecule has 0 atom stereocenters. The van der Waals surface area contributed by atoms with Gasteiger partial charge in [0.25, 0.3) is 0 Å². The number of hydrogen-bond acceptors (Lipinski definition) is 4. The summed E-state index contributed by atoms with van der Waals surface area (Å²) in [6.45, 7) is 0.543. The first-order chi connectivity index (χ1) is 8.29. The molecule has 0 spiro atoms. The minimum atomic E-state index is 0.288. The van der Waals surface area contributed by atoms with Gasteiger partial charge in [0.05, 0.1) is 25.2 Å². The molecule has 88 valence electrons. The number of pyridine rings is 1. The van der Waals surface area contributed by atoms with Crippen molar-refractivity contribution in [1.82, 2.24) is 4.98 Å². The van der Waals surface area contributed by atoms with E-state index in [1.807, 2.05) is 18.2 Å². The minimum absolute atomic E-state index is 0.288. The molecule has 0 radical (unpaired) electrons. The third kappa shape index (κ3) is 2.87. The van der Waals surface area contributed by atoms with E-state index < -0.39 is 0 Å². The van der Waals surface area contributed by atoms with Crippen LogP contribution in [0.5, 0.6) is 11.5 Å². The smallest absolute Gasteiger partial charge is 0.139 e. The lowest BCUT2D eigenvalue weighted by Gasteiger charge is -2.08. The van der Waals surface area contributed by atoms with Crippen LogP contribution in [0.25, 0.3) is 0 Å². The van der Waals surface area contributed by atoms with Crippen LogP contribution in [0.1, 0.15) is 5.56 Å². The van der Waals surface area contributed by atoms with Crippen LogP contribution in [0.4, 0.5) is 5.69 Å². The number of aromatic hydroxyl groups is 1. The Morgan fingerprint density at radius 1 is 1.29 bits per heavy atom. The van der Waals surface area contributed by atoms with E-state index in [4.69, 9.17) is 4.74 Å². The van der Waals surface area contributed by atoms with Gasteiger partial charge in [-0.15, -0.1) is 0 Å². The number of hydrogen-bond donors (Lipinski definition) is 2. The van der Waals surface area contributed by atoms with Crippen LogP contribution in [0.15, 0.2) is 42.7 Å². The monoisotopic (exact) mass is 230 g/mol. The second-order valence-electron chi connectivity index (χ2n) is 3.60. The number of nitrogens with one attached hydrogen (secondary N) is 1. The maximum Gasteiger partial charge on any atom is 0.139 e. The van der Waals surface area contributed by atoms with Crippen molar-refractivity contribution in [2.75, 3.05) is 12.4 Å². The molecular weight excluding hydrogens is 216 g/mol. The minimum Gasteiger partial charge on any atom is -0.508 e. The van der Waals surface area contributed by atoms with E-state index in [2.05, 4.69) is 10.3 Å². The zero-order chi connectivity index (χ0) is 12.1. The number of para-hydroxylation sites is 1. The Bertz CT molecular complexity index is 500. The molecule has 4 heteroatoms. The van der Waals surface area contributed by atoms with E-state index in [0.29, 0.717) is 12.3 Å². The summed E-state index contributed by atoms with van der Waals surface area (Å²) in [4.78, 5) is 4.04. The molecule has 0 aliphatic heterocycles. The SMILES string of the molecule is COc1cncc(NCc2ccccc2O)c1. The Labute approximate surface area is 99.9 Å². The molecule has 2 N–H and O–H groups in total. The fraction of sp³-hybridized carbons (Fsp3) is 0.154. The lowest BCUT2D eigenvalue weighted by atomic mass is 10.2. The molecule has 0 saturated heterocycles. The largest absolute Gasteiger partial charge is 0.508 e. The lowest BCUT2D eigenvalue weighted by Crippen LogP contribution is -2.00. The highest BCUT2D eigenvalue weighted by Crippen LogP contribution is 2.19. The van der Waals surface area contributed by atoms with Crippen molar-refractivity contribution in [1.29, 1.82) is 0 Å². The Hall–Kier alpha value is -2.23. The third-order valence-electron chi connectivity index (χ3n) is 2.42. The summed E-state index contributed by atoms with van der Waals surface area (Å²) < 4.78 is 5.08. The van der Waals surface area contributed by atoms with Crippen molar-refractivity contribution in [3.63, 3.8) is 0 Å². The number of benzene rings is 1. The van der Waals surface area contributed by atoms with Crippen molar-refractivity contribution in [2.45, 2.75) is 6.54 Å². The second-order valence-corrected chi connectivity index (χ2v) is 3.60. The molecule has 2 rings (SSSR count). The van der Waals surface area contributed by atoms with Crippen LogP contribution in [0.3, 0.4) is 0 Å². The van der Waals surface area contributed by atoms with Crippen LogP contribution >= 0.6 is 0 Å². The standard InChI is InChI=1S/C13H14N2O2/c1-17-12-6-11(8-14-9-12)15-7-10-4-2-3-5-13(10)16/h2-6,8-9,15-16H,7H2,1H3. The number of nitrogens with zero attached hydrogens (tertiary/aromatic N) is 1. The summed E-state index contributed by atoms with van der Waals surface area (Å²) in [6, 6.07) is 9.08. The lowest BCUT2D eigenvalue weighted by molar-refractivity contribution is 0.413. The molecule has 17 heavy (non-hydrogen) atoms. The van der Waals surface area contributed by atoms with Gasteiger partial charge in [-0.2, -0.15) is 0 Å². The molecule has 1 aromatic heterocycles. The van der Waals surface area contributed by atoms with Gasteiger partial charge < -0.3 is 15.2 Å². The average molecular weight is 230 g/mol. The fourth-order valence-electron chi connectivity index (χ4n) is 1.48. The summed E-state index contributed by atoms with van der Waals surface area (Å²) in [7, 11) is 1.60. The van der Waals surface area contributed by atoms with Gasteiger partial charge in [0.15, 0.2) is 0 Å². The Balaban J connectivity index is 2.05. The Kier molecular flexibility index (Phi) is 3.45. The van der Waals surface area contributed by atoms with Crippen LogP contribution in [-0.4, -0.2) is 17.2 Å². The number of ether oxygens (including phenoxy) is 1. The molecule has 0 unspecified atom stereocenters. The zero-order valence-electron chi connectivity index (χ0n) is 9.55. The molecule has 4 nitrogen and oxygen atoms in total. The van der Waals surface area contributed by atoms with E-state index in [1.165, 1.54) is 0 Å². The van der Waals surface area contributed by atoms with Gasteiger partial charge >= 0.3 is 0 Å². The molecule has 0 aliphatic carbocycles. The van der Waals surface area contributed by atoms with Crippen molar-refractivity contribution < 1.29 is 9.84 Å². The fourth-order valence-corrected chi connectivity index (χ4v) is 1.48. The first kappa shape index (κ1) is 11.3. The number of rotatable bonds is 4. The number of phenols is 1. The van der Waals surface area contributed by atoms with Gasteiger partial charge in [-0.25, -0.2) is 0 Å². The summed E-state index contributed by atoms with van der Waals surface area (Å²) in [5.74, 6) is 0.989. The van der Waals surface area contributed by atoms with E-state index in [1.54, 1.807) is 31.6 Å². The maximum absolute atomic E-state index is 9.61. The van der Waals surface area contributed by atoms with Crippen LogP contribution in [0.2, 0.25) is 0 Å². The molecule has 1 aromatic carbocycles. The molecule has 0 aliphatic rings. The van der Waals surface area contributed by atoms with E-state index in [9.17, 15) is 5.11 Å². The highest BCUT2D eigenvalue weighted by atomic mass is 16.5. The Morgan fingerprint density at radius 3 is 2.88 bits per heavy atom. The van der Waals surface area contributed by atoms with Crippen molar-refractivity contribution in [2.24, 2.45) is 0 Å². The van der Waals surface area contributed by atoms with Crippen LogP contribution in [0, 0.1) is 0 Å². The predicted octanol–water partition coefficient (Wildman–Crippen LogP) is 2.41. The molecule has 2 aromatic rings. The highest BCUT2D eigenvalue weighted by molar-refractivity contribution is 5.46.